The zero-order chi connectivity index (χ0) is 22.0. The molecule has 5 nitrogen and oxygen atoms in total. The number of benzene rings is 2. The van der Waals surface area contributed by atoms with Gasteiger partial charge in [-0.25, -0.2) is 0 Å². The quantitative estimate of drug-likeness (QED) is 0.244. The molecule has 2 aromatic heterocycles. The number of aromatic nitrogens is 4. The number of thioether (sulfide) groups is 1. The molecule has 0 fully saturated rings. The monoisotopic (exact) mass is 494 g/mol. The first-order chi connectivity index (χ1) is 15.0. The fourth-order valence-corrected chi connectivity index (χ4v) is 4.77. The van der Waals surface area contributed by atoms with Crippen LogP contribution in [0.25, 0.3) is 11.4 Å². The summed E-state index contributed by atoms with van der Waals surface area (Å²) in [5.41, 5.74) is 4.96. The smallest absolute Gasteiger partial charge is 0.192 e. The molecule has 4 rings (SSSR count). The van der Waals surface area contributed by atoms with E-state index in [9.17, 15) is 4.79 Å². The number of aryl methyl sites for hydroxylation is 1. The second-order valence-electron chi connectivity index (χ2n) is 7.41. The number of rotatable bonds is 7. The number of carbonyl (C=O) groups is 1. The number of hydrogen-bond donors (Lipinski definition) is 0. The molecular formula is C24H23BrN4OS. The fourth-order valence-electron chi connectivity index (χ4n) is 3.49. The van der Waals surface area contributed by atoms with Gasteiger partial charge in [-0.1, -0.05) is 76.2 Å². The molecule has 0 aliphatic heterocycles. The molecule has 0 spiro atoms. The average Bonchev–Trinajstić information content (AvgIpc) is 3.28. The Morgan fingerprint density at radius 1 is 1.03 bits per heavy atom. The molecule has 0 bridgehead atoms. The Morgan fingerprint density at radius 2 is 1.74 bits per heavy atom. The Labute approximate surface area is 194 Å². The van der Waals surface area contributed by atoms with Crippen molar-refractivity contribution in [3.8, 4) is 11.4 Å². The van der Waals surface area contributed by atoms with Gasteiger partial charge in [-0.2, -0.15) is 0 Å². The van der Waals surface area contributed by atoms with Gasteiger partial charge in [0, 0.05) is 34.0 Å². The van der Waals surface area contributed by atoms with Crippen molar-refractivity contribution in [3.05, 3.63) is 87.7 Å². The molecule has 4 aromatic rings. The predicted molar refractivity (Wildman–Crippen MR) is 129 cm³/mol. The lowest BCUT2D eigenvalue weighted by molar-refractivity contribution is 0.102. The minimum Gasteiger partial charge on any atom is -0.351 e. The van der Waals surface area contributed by atoms with Crippen LogP contribution in [-0.2, 0) is 13.6 Å². The summed E-state index contributed by atoms with van der Waals surface area (Å²) in [6.07, 6.45) is 0. The molecule has 0 aliphatic carbocycles. The van der Waals surface area contributed by atoms with Crippen LogP contribution in [0.15, 0.2) is 70.3 Å². The van der Waals surface area contributed by atoms with Gasteiger partial charge in [0.15, 0.2) is 16.8 Å². The molecule has 31 heavy (non-hydrogen) atoms. The fraction of sp³-hybridized carbons (Fsp3) is 0.208. The summed E-state index contributed by atoms with van der Waals surface area (Å²) in [5, 5.41) is 9.64. The molecule has 158 valence electrons. The molecule has 0 amide bonds. The Bertz CT molecular complexity index is 1230. The highest BCUT2D eigenvalue weighted by molar-refractivity contribution is 9.10. The Balaban J connectivity index is 1.65. The lowest BCUT2D eigenvalue weighted by Crippen LogP contribution is -2.08. The Hall–Kier alpha value is -2.64. The number of carbonyl (C=O) groups excluding carboxylic acids is 1. The SMILES string of the molecule is Cc1cc(C(=O)CSc2nnc(-c3ccccc3Br)n2Cc2ccccc2)c(C)n1C. The molecule has 0 radical (unpaired) electrons. The molecule has 0 aliphatic rings. The zero-order valence-corrected chi connectivity index (χ0v) is 20.1. The van der Waals surface area contributed by atoms with Crippen LogP contribution in [0.5, 0.6) is 0 Å². The highest BCUT2D eigenvalue weighted by Crippen LogP contribution is 2.30. The maximum Gasteiger partial charge on any atom is 0.192 e. The number of ketones is 1. The van der Waals surface area contributed by atoms with Crippen molar-refractivity contribution in [2.24, 2.45) is 7.05 Å². The van der Waals surface area contributed by atoms with Crippen LogP contribution in [0.4, 0.5) is 0 Å². The molecule has 0 unspecified atom stereocenters. The molecule has 0 saturated carbocycles. The van der Waals surface area contributed by atoms with Gasteiger partial charge >= 0.3 is 0 Å². The average molecular weight is 495 g/mol. The standard InChI is InChI=1S/C24H23BrN4OS/c1-16-13-20(17(2)28(16)3)22(30)15-31-24-27-26-23(19-11-7-8-12-21(19)25)29(24)14-18-9-5-4-6-10-18/h4-13H,14-15H2,1-3H3. The zero-order valence-electron chi connectivity index (χ0n) is 17.7. The Morgan fingerprint density at radius 3 is 2.42 bits per heavy atom. The van der Waals surface area contributed by atoms with Crippen molar-refractivity contribution in [1.82, 2.24) is 19.3 Å². The summed E-state index contributed by atoms with van der Waals surface area (Å²) in [5.74, 6) is 1.19. The van der Waals surface area contributed by atoms with Crippen molar-refractivity contribution >= 4 is 33.5 Å². The number of nitrogens with zero attached hydrogens (tertiary/aromatic N) is 4. The largest absolute Gasteiger partial charge is 0.351 e. The van der Waals surface area contributed by atoms with E-state index in [4.69, 9.17) is 0 Å². The second kappa shape index (κ2) is 9.24. The van der Waals surface area contributed by atoms with Crippen molar-refractivity contribution in [2.45, 2.75) is 25.5 Å². The third-order valence-electron chi connectivity index (χ3n) is 5.42. The Kier molecular flexibility index (Phi) is 6.43. The summed E-state index contributed by atoms with van der Waals surface area (Å²) in [7, 11) is 1.98. The lowest BCUT2D eigenvalue weighted by atomic mass is 10.2. The van der Waals surface area contributed by atoms with Gasteiger partial charge in [-0.05, 0) is 31.5 Å². The molecule has 2 heterocycles. The van der Waals surface area contributed by atoms with Gasteiger partial charge in [0.2, 0.25) is 0 Å². The number of hydrogen-bond acceptors (Lipinski definition) is 4. The van der Waals surface area contributed by atoms with Crippen LogP contribution in [0.1, 0.15) is 27.3 Å². The predicted octanol–water partition coefficient (Wildman–Crippen LogP) is 5.69. The number of Topliss-reactive ketones (excluding diaryl/α,β-unsaturated/α-hetero) is 1. The van der Waals surface area contributed by atoms with Crippen LogP contribution in [0.2, 0.25) is 0 Å². The minimum absolute atomic E-state index is 0.0999. The first-order valence-corrected chi connectivity index (χ1v) is 11.7. The van der Waals surface area contributed by atoms with E-state index in [1.165, 1.54) is 11.8 Å². The third kappa shape index (κ3) is 4.52. The van der Waals surface area contributed by atoms with Crippen LogP contribution in [-0.4, -0.2) is 30.9 Å². The number of halogens is 1. The van der Waals surface area contributed by atoms with Crippen LogP contribution >= 0.6 is 27.7 Å². The van der Waals surface area contributed by atoms with Crippen molar-refractivity contribution in [2.75, 3.05) is 5.75 Å². The van der Waals surface area contributed by atoms with Gasteiger partial charge in [-0.3, -0.25) is 9.36 Å². The first kappa shape index (κ1) is 21.6. The molecule has 0 N–H and O–H groups in total. The molecule has 0 atom stereocenters. The summed E-state index contributed by atoms with van der Waals surface area (Å²) < 4.78 is 5.08. The molecular weight excluding hydrogens is 472 g/mol. The summed E-state index contributed by atoms with van der Waals surface area (Å²) in [4.78, 5) is 12.9. The molecule has 0 saturated heterocycles. The van der Waals surface area contributed by atoms with E-state index in [0.717, 1.165) is 43.5 Å². The van der Waals surface area contributed by atoms with E-state index >= 15 is 0 Å². The van der Waals surface area contributed by atoms with Gasteiger partial charge in [0.1, 0.15) is 0 Å². The lowest BCUT2D eigenvalue weighted by Gasteiger charge is -2.11. The maximum absolute atomic E-state index is 12.9. The van der Waals surface area contributed by atoms with E-state index in [-0.39, 0.29) is 5.78 Å². The van der Waals surface area contributed by atoms with Crippen molar-refractivity contribution in [3.63, 3.8) is 0 Å². The van der Waals surface area contributed by atoms with E-state index in [1.54, 1.807) is 0 Å². The van der Waals surface area contributed by atoms with Crippen molar-refractivity contribution in [1.29, 1.82) is 0 Å². The van der Waals surface area contributed by atoms with E-state index in [2.05, 4.69) is 42.8 Å². The second-order valence-corrected chi connectivity index (χ2v) is 9.21. The van der Waals surface area contributed by atoms with Gasteiger partial charge in [0.25, 0.3) is 0 Å². The van der Waals surface area contributed by atoms with E-state index < -0.39 is 0 Å². The summed E-state index contributed by atoms with van der Waals surface area (Å²) in [6.45, 7) is 4.62. The summed E-state index contributed by atoms with van der Waals surface area (Å²) >= 11 is 5.06. The highest BCUT2D eigenvalue weighted by atomic mass is 79.9. The van der Waals surface area contributed by atoms with Crippen LogP contribution in [0, 0.1) is 13.8 Å². The summed E-state index contributed by atoms with van der Waals surface area (Å²) in [6, 6.07) is 20.1. The van der Waals surface area contributed by atoms with Gasteiger partial charge < -0.3 is 4.57 Å². The van der Waals surface area contributed by atoms with Crippen LogP contribution < -0.4 is 0 Å². The van der Waals surface area contributed by atoms with Crippen molar-refractivity contribution < 1.29 is 4.79 Å². The molecule has 2 aromatic carbocycles. The third-order valence-corrected chi connectivity index (χ3v) is 7.08. The normalized spacial score (nSPS) is 11.1. The molecule has 7 heteroatoms. The van der Waals surface area contributed by atoms with Crippen LogP contribution in [0.3, 0.4) is 0 Å². The van der Waals surface area contributed by atoms with Gasteiger partial charge in [-0.15, -0.1) is 10.2 Å². The topological polar surface area (TPSA) is 52.7 Å². The van der Waals surface area contributed by atoms with E-state index in [1.807, 2.05) is 74.0 Å². The van der Waals surface area contributed by atoms with E-state index in [0.29, 0.717) is 12.3 Å². The highest BCUT2D eigenvalue weighted by Gasteiger charge is 2.19. The minimum atomic E-state index is 0.0999. The van der Waals surface area contributed by atoms with Gasteiger partial charge in [0.05, 0.1) is 12.3 Å². The first-order valence-electron chi connectivity index (χ1n) is 9.96. The maximum atomic E-state index is 12.9.